The first-order valence-corrected chi connectivity index (χ1v) is 5.75. The van der Waals surface area contributed by atoms with Gasteiger partial charge in [0.25, 0.3) is 0 Å². The van der Waals surface area contributed by atoms with Gasteiger partial charge in [0, 0.05) is 18.8 Å². The molecule has 0 atom stereocenters. The van der Waals surface area contributed by atoms with E-state index in [-0.39, 0.29) is 12.4 Å². The smallest absolute Gasteiger partial charge is 0.139 e. The highest BCUT2D eigenvalue weighted by atomic mass is 79.9. The highest BCUT2D eigenvalue weighted by Gasteiger charge is 2.04. The van der Waals surface area contributed by atoms with Crippen LogP contribution in [-0.2, 0) is 0 Å². The number of anilines is 1. The average Bonchev–Trinajstić information content (AvgIpc) is 2.20. The number of aryl methyl sites for hydroxylation is 1. The van der Waals surface area contributed by atoms with Gasteiger partial charge in [-0.3, -0.25) is 0 Å². The lowest BCUT2D eigenvalue weighted by Crippen LogP contribution is -2.04. The Bertz CT molecular complexity index is 331. The minimum Gasteiger partial charge on any atom is -0.396 e. The third-order valence-corrected chi connectivity index (χ3v) is 2.78. The Balaban J connectivity index is 2.57. The van der Waals surface area contributed by atoms with Gasteiger partial charge in [-0.2, -0.15) is 0 Å². The fraction of sp³-hybridized carbons (Fsp3) is 0.455. The normalized spacial score (nSPS) is 10.4. The van der Waals surface area contributed by atoms with E-state index in [1.54, 1.807) is 6.07 Å². The Morgan fingerprint density at radius 3 is 2.80 bits per heavy atom. The van der Waals surface area contributed by atoms with E-state index in [1.165, 1.54) is 6.07 Å². The molecule has 0 aromatic heterocycles. The van der Waals surface area contributed by atoms with Crippen molar-refractivity contribution in [3.05, 3.63) is 28.0 Å². The zero-order valence-electron chi connectivity index (χ0n) is 8.69. The van der Waals surface area contributed by atoms with Crippen LogP contribution in [0.3, 0.4) is 0 Å². The average molecular weight is 276 g/mol. The van der Waals surface area contributed by atoms with E-state index in [1.807, 2.05) is 6.92 Å². The summed E-state index contributed by atoms with van der Waals surface area (Å²) in [7, 11) is 0. The number of unbranched alkanes of at least 4 members (excludes halogenated alkanes) is 1. The fourth-order valence-electron chi connectivity index (χ4n) is 1.30. The zero-order valence-corrected chi connectivity index (χ0v) is 10.3. The van der Waals surface area contributed by atoms with Crippen molar-refractivity contribution >= 4 is 21.6 Å². The van der Waals surface area contributed by atoms with Gasteiger partial charge >= 0.3 is 0 Å². The number of aliphatic hydroxyl groups is 1. The van der Waals surface area contributed by atoms with Crippen LogP contribution in [0.2, 0.25) is 0 Å². The van der Waals surface area contributed by atoms with Crippen molar-refractivity contribution in [1.29, 1.82) is 0 Å². The molecule has 0 fully saturated rings. The van der Waals surface area contributed by atoms with Gasteiger partial charge in [-0.1, -0.05) is 0 Å². The molecule has 15 heavy (non-hydrogen) atoms. The first kappa shape index (κ1) is 12.5. The number of benzene rings is 1. The summed E-state index contributed by atoms with van der Waals surface area (Å²) in [6.45, 7) is 2.89. The van der Waals surface area contributed by atoms with Gasteiger partial charge in [-0.05, 0) is 53.4 Å². The molecule has 2 nitrogen and oxygen atoms in total. The number of hydrogen-bond acceptors (Lipinski definition) is 2. The standard InChI is InChI=1S/C11H15BrFNO/c1-8-6-9(12)10(13)7-11(8)14-4-2-3-5-15/h6-7,14-15H,2-5H2,1H3. The van der Waals surface area contributed by atoms with Crippen molar-refractivity contribution in [2.75, 3.05) is 18.5 Å². The van der Waals surface area contributed by atoms with Crippen LogP contribution in [0.15, 0.2) is 16.6 Å². The van der Waals surface area contributed by atoms with E-state index >= 15 is 0 Å². The van der Waals surface area contributed by atoms with Crippen LogP contribution in [0, 0.1) is 12.7 Å². The van der Waals surface area contributed by atoms with Crippen LogP contribution in [0.1, 0.15) is 18.4 Å². The fourth-order valence-corrected chi connectivity index (χ4v) is 1.75. The predicted octanol–water partition coefficient (Wildman–Crippen LogP) is 3.08. The van der Waals surface area contributed by atoms with E-state index in [0.29, 0.717) is 4.47 Å². The molecule has 0 radical (unpaired) electrons. The Morgan fingerprint density at radius 2 is 2.13 bits per heavy atom. The summed E-state index contributed by atoms with van der Waals surface area (Å²) >= 11 is 3.14. The minimum atomic E-state index is -0.259. The monoisotopic (exact) mass is 275 g/mol. The zero-order chi connectivity index (χ0) is 11.3. The summed E-state index contributed by atoms with van der Waals surface area (Å²) in [5, 5.41) is 11.7. The van der Waals surface area contributed by atoms with E-state index in [9.17, 15) is 4.39 Å². The maximum absolute atomic E-state index is 13.2. The summed E-state index contributed by atoms with van der Waals surface area (Å²) in [5.74, 6) is -0.259. The summed E-state index contributed by atoms with van der Waals surface area (Å²) in [6, 6.07) is 3.24. The van der Waals surface area contributed by atoms with Gasteiger partial charge in [0.2, 0.25) is 0 Å². The number of nitrogens with one attached hydrogen (secondary N) is 1. The second-order valence-corrected chi connectivity index (χ2v) is 4.29. The molecule has 0 bridgehead atoms. The molecule has 1 aromatic carbocycles. The lowest BCUT2D eigenvalue weighted by atomic mass is 10.2. The molecule has 0 aliphatic rings. The van der Waals surface area contributed by atoms with E-state index < -0.39 is 0 Å². The van der Waals surface area contributed by atoms with Crippen molar-refractivity contribution in [3.8, 4) is 0 Å². The second-order valence-electron chi connectivity index (χ2n) is 3.44. The Morgan fingerprint density at radius 1 is 1.40 bits per heavy atom. The van der Waals surface area contributed by atoms with Gasteiger partial charge < -0.3 is 10.4 Å². The van der Waals surface area contributed by atoms with Crippen molar-refractivity contribution in [1.82, 2.24) is 0 Å². The quantitative estimate of drug-likeness (QED) is 0.810. The molecule has 0 heterocycles. The van der Waals surface area contributed by atoms with Crippen LogP contribution in [0.4, 0.5) is 10.1 Å². The molecule has 84 valence electrons. The Kier molecular flexibility index (Phi) is 5.05. The van der Waals surface area contributed by atoms with Crippen LogP contribution >= 0.6 is 15.9 Å². The lowest BCUT2D eigenvalue weighted by molar-refractivity contribution is 0.286. The maximum atomic E-state index is 13.2. The van der Waals surface area contributed by atoms with Crippen molar-refractivity contribution in [3.63, 3.8) is 0 Å². The molecule has 0 saturated heterocycles. The van der Waals surface area contributed by atoms with Crippen molar-refractivity contribution in [2.45, 2.75) is 19.8 Å². The van der Waals surface area contributed by atoms with Crippen LogP contribution < -0.4 is 5.32 Å². The van der Waals surface area contributed by atoms with Crippen molar-refractivity contribution in [2.24, 2.45) is 0 Å². The van der Waals surface area contributed by atoms with Crippen LogP contribution in [0.25, 0.3) is 0 Å². The third kappa shape index (κ3) is 3.80. The molecule has 2 N–H and O–H groups in total. The van der Waals surface area contributed by atoms with E-state index in [0.717, 1.165) is 30.6 Å². The van der Waals surface area contributed by atoms with Gasteiger partial charge in [-0.25, -0.2) is 4.39 Å². The molecular formula is C11H15BrFNO. The van der Waals surface area contributed by atoms with Gasteiger partial charge in [-0.15, -0.1) is 0 Å². The highest BCUT2D eigenvalue weighted by molar-refractivity contribution is 9.10. The largest absolute Gasteiger partial charge is 0.396 e. The highest BCUT2D eigenvalue weighted by Crippen LogP contribution is 2.23. The van der Waals surface area contributed by atoms with Crippen LogP contribution in [-0.4, -0.2) is 18.3 Å². The number of halogens is 2. The molecule has 0 saturated carbocycles. The van der Waals surface area contributed by atoms with Crippen LogP contribution in [0.5, 0.6) is 0 Å². The lowest BCUT2D eigenvalue weighted by Gasteiger charge is -2.10. The molecule has 0 unspecified atom stereocenters. The molecule has 1 rings (SSSR count). The number of aliphatic hydroxyl groups excluding tert-OH is 1. The summed E-state index contributed by atoms with van der Waals surface area (Å²) in [5.41, 5.74) is 1.82. The molecule has 0 amide bonds. The minimum absolute atomic E-state index is 0.204. The summed E-state index contributed by atoms with van der Waals surface area (Å²) in [6.07, 6.45) is 1.65. The number of hydrogen-bond donors (Lipinski definition) is 2. The van der Waals surface area contributed by atoms with Gasteiger partial charge in [0.15, 0.2) is 0 Å². The Labute approximate surface area is 97.6 Å². The Hall–Kier alpha value is -0.610. The molecule has 0 aliphatic carbocycles. The van der Waals surface area contributed by atoms with E-state index in [2.05, 4.69) is 21.2 Å². The molecule has 4 heteroatoms. The first-order valence-electron chi connectivity index (χ1n) is 4.95. The van der Waals surface area contributed by atoms with Gasteiger partial charge in [0.05, 0.1) is 4.47 Å². The summed E-state index contributed by atoms with van der Waals surface area (Å²) < 4.78 is 13.7. The molecule has 0 spiro atoms. The maximum Gasteiger partial charge on any atom is 0.139 e. The molecule has 0 aliphatic heterocycles. The van der Waals surface area contributed by atoms with Gasteiger partial charge in [0.1, 0.15) is 5.82 Å². The SMILES string of the molecule is Cc1cc(Br)c(F)cc1NCCCCO. The molecule has 1 aromatic rings. The summed E-state index contributed by atoms with van der Waals surface area (Å²) in [4.78, 5) is 0. The third-order valence-electron chi connectivity index (χ3n) is 2.17. The second kappa shape index (κ2) is 6.08. The molecular weight excluding hydrogens is 261 g/mol. The predicted molar refractivity (Wildman–Crippen MR) is 63.6 cm³/mol. The topological polar surface area (TPSA) is 32.3 Å². The first-order chi connectivity index (χ1) is 7.15. The number of rotatable bonds is 5. The van der Waals surface area contributed by atoms with Crippen molar-refractivity contribution < 1.29 is 9.50 Å². The van der Waals surface area contributed by atoms with E-state index in [4.69, 9.17) is 5.11 Å².